The number of benzene rings is 1. The number of unbranched alkanes of at least 4 members (excludes halogenated alkanes) is 3. The zero-order chi connectivity index (χ0) is 28.0. The number of phenols is 1. The van der Waals surface area contributed by atoms with Crippen LogP contribution >= 0.6 is 0 Å². The molecule has 2 unspecified atom stereocenters. The molecule has 0 aromatic heterocycles. The molecule has 1 N–H and O–H groups in total. The molecule has 2 heteroatoms. The molecule has 0 aliphatic carbocycles. The van der Waals surface area contributed by atoms with Crippen molar-refractivity contribution in [2.75, 3.05) is 0 Å². The van der Waals surface area contributed by atoms with Gasteiger partial charge in [0, 0.05) is 5.56 Å². The standard InChI is InChI=1S/C29H50O2.C6H14/c1-20(2)12-9-13-21(3)14-10-15-22(4)16-11-18-29(8)19-17-26-25(7)27(30)23(5)24(6)28(26)31-29;1-3-5-6-4-2/h20-22,30H,9-19H2,1-8H3;3-6H2,1-2H3/t21?,22?,29-;/m1./s1. The molecule has 1 heterocycles. The lowest BCUT2D eigenvalue weighted by Gasteiger charge is -2.38. The summed E-state index contributed by atoms with van der Waals surface area (Å²) in [7, 11) is 0. The first-order valence-electron chi connectivity index (χ1n) is 16.0. The first kappa shape index (κ1) is 33.8. The monoisotopic (exact) mass is 516 g/mol. The van der Waals surface area contributed by atoms with Gasteiger partial charge >= 0.3 is 0 Å². The average molecular weight is 517 g/mol. The van der Waals surface area contributed by atoms with Gasteiger partial charge in [-0.1, -0.05) is 112 Å². The maximum atomic E-state index is 10.4. The summed E-state index contributed by atoms with van der Waals surface area (Å²) in [6.07, 6.45) is 19.6. The van der Waals surface area contributed by atoms with Gasteiger partial charge in [-0.15, -0.1) is 0 Å². The number of rotatable bonds is 15. The Morgan fingerprint density at radius 2 is 1.24 bits per heavy atom. The lowest BCUT2D eigenvalue weighted by molar-refractivity contribution is 0.0512. The molecule has 0 saturated heterocycles. The second-order valence-electron chi connectivity index (χ2n) is 13.1. The van der Waals surface area contributed by atoms with Crippen LogP contribution in [0.3, 0.4) is 0 Å². The van der Waals surface area contributed by atoms with Gasteiger partial charge in [0.25, 0.3) is 0 Å². The van der Waals surface area contributed by atoms with E-state index in [2.05, 4.69) is 55.4 Å². The van der Waals surface area contributed by atoms with Crippen LogP contribution in [0.4, 0.5) is 0 Å². The van der Waals surface area contributed by atoms with Crippen molar-refractivity contribution < 1.29 is 9.84 Å². The van der Waals surface area contributed by atoms with Crippen LogP contribution in [0, 0.1) is 38.5 Å². The SMILES string of the molecule is CCCCCC.Cc1c(C)c2c(c(C)c1O)CC[C@@](C)(CCCC(C)CCCC(C)CCCC(C)C)O2. The first-order chi connectivity index (χ1) is 17.5. The number of aromatic hydroxyl groups is 1. The van der Waals surface area contributed by atoms with Gasteiger partial charge in [0.15, 0.2) is 0 Å². The van der Waals surface area contributed by atoms with E-state index in [9.17, 15) is 5.11 Å². The Balaban J connectivity index is 0.00000102. The molecule has 0 bridgehead atoms. The van der Waals surface area contributed by atoms with Crippen LogP contribution in [-0.4, -0.2) is 10.7 Å². The average Bonchev–Trinajstić information content (AvgIpc) is 2.85. The number of hydrogen-bond donors (Lipinski definition) is 1. The predicted molar refractivity (Wildman–Crippen MR) is 164 cm³/mol. The first-order valence-corrected chi connectivity index (χ1v) is 16.0. The van der Waals surface area contributed by atoms with Gasteiger partial charge in [-0.3, -0.25) is 0 Å². The van der Waals surface area contributed by atoms with E-state index in [1.807, 2.05) is 13.8 Å². The van der Waals surface area contributed by atoms with E-state index >= 15 is 0 Å². The molecule has 3 atom stereocenters. The number of fused-ring (bicyclic) bond motifs is 1. The maximum absolute atomic E-state index is 10.4. The van der Waals surface area contributed by atoms with E-state index in [1.165, 1.54) is 82.6 Å². The van der Waals surface area contributed by atoms with Crippen molar-refractivity contribution >= 4 is 0 Å². The van der Waals surface area contributed by atoms with Crippen LogP contribution in [0.15, 0.2) is 0 Å². The zero-order valence-corrected chi connectivity index (χ0v) is 26.7. The highest BCUT2D eigenvalue weighted by Crippen LogP contribution is 2.44. The fraction of sp³-hybridized carbons (Fsp3) is 0.829. The Morgan fingerprint density at radius 3 is 1.76 bits per heavy atom. The molecule has 2 nitrogen and oxygen atoms in total. The lowest BCUT2D eigenvalue weighted by Crippen LogP contribution is -2.37. The van der Waals surface area contributed by atoms with Crippen LogP contribution in [0.2, 0.25) is 0 Å². The fourth-order valence-electron chi connectivity index (χ4n) is 5.77. The Hall–Kier alpha value is -1.18. The van der Waals surface area contributed by atoms with Crippen LogP contribution in [0.1, 0.15) is 161 Å². The quantitative estimate of drug-likeness (QED) is 0.235. The summed E-state index contributed by atoms with van der Waals surface area (Å²) in [5, 5.41) is 10.4. The minimum absolute atomic E-state index is 0.0712. The highest BCUT2D eigenvalue weighted by Gasteiger charge is 2.34. The maximum Gasteiger partial charge on any atom is 0.127 e. The van der Waals surface area contributed by atoms with Gasteiger partial charge in [-0.05, 0) is 87.8 Å². The molecular weight excluding hydrogens is 452 g/mol. The van der Waals surface area contributed by atoms with Crippen molar-refractivity contribution in [1.29, 1.82) is 0 Å². The molecule has 0 fully saturated rings. The van der Waals surface area contributed by atoms with Crippen molar-refractivity contribution in [3.8, 4) is 11.5 Å². The van der Waals surface area contributed by atoms with Crippen molar-refractivity contribution in [3.63, 3.8) is 0 Å². The smallest absolute Gasteiger partial charge is 0.127 e. The van der Waals surface area contributed by atoms with Gasteiger partial charge in [0.1, 0.15) is 17.1 Å². The molecule has 37 heavy (non-hydrogen) atoms. The normalized spacial score (nSPS) is 18.6. The number of ether oxygens (including phenoxy) is 1. The molecule has 2 rings (SSSR count). The molecule has 1 aliphatic heterocycles. The third-order valence-electron chi connectivity index (χ3n) is 8.82. The molecule has 1 aromatic rings. The van der Waals surface area contributed by atoms with E-state index in [0.717, 1.165) is 59.5 Å². The molecule has 0 saturated carbocycles. The zero-order valence-electron chi connectivity index (χ0n) is 26.7. The van der Waals surface area contributed by atoms with Gasteiger partial charge in [-0.2, -0.15) is 0 Å². The predicted octanol–water partition coefficient (Wildman–Crippen LogP) is 11.4. The summed E-state index contributed by atoms with van der Waals surface area (Å²) < 4.78 is 6.60. The van der Waals surface area contributed by atoms with Crippen molar-refractivity contribution in [2.24, 2.45) is 17.8 Å². The van der Waals surface area contributed by atoms with Crippen molar-refractivity contribution in [2.45, 2.75) is 171 Å². The van der Waals surface area contributed by atoms with E-state index < -0.39 is 0 Å². The summed E-state index contributed by atoms with van der Waals surface area (Å²) in [4.78, 5) is 0. The van der Waals surface area contributed by atoms with Gasteiger partial charge in [0.2, 0.25) is 0 Å². The molecule has 0 spiro atoms. The third-order valence-corrected chi connectivity index (χ3v) is 8.82. The van der Waals surface area contributed by atoms with E-state index in [0.29, 0.717) is 5.75 Å². The van der Waals surface area contributed by atoms with Crippen molar-refractivity contribution in [3.05, 3.63) is 22.3 Å². The van der Waals surface area contributed by atoms with Crippen molar-refractivity contribution in [1.82, 2.24) is 0 Å². The van der Waals surface area contributed by atoms with E-state index in [-0.39, 0.29) is 5.60 Å². The second-order valence-corrected chi connectivity index (χ2v) is 13.1. The number of hydrogen-bond acceptors (Lipinski definition) is 2. The molecule has 1 aliphatic rings. The molecule has 0 radical (unpaired) electrons. The Bertz CT molecular complexity index is 761. The molecule has 0 amide bonds. The van der Waals surface area contributed by atoms with E-state index in [4.69, 9.17) is 4.74 Å². The van der Waals surface area contributed by atoms with Crippen LogP contribution in [-0.2, 0) is 6.42 Å². The molecule has 1 aromatic carbocycles. The summed E-state index contributed by atoms with van der Waals surface area (Å²) in [6, 6.07) is 0. The number of phenolic OH excluding ortho intramolecular Hbond substituents is 1. The Kier molecular flexibility index (Phi) is 15.9. The topological polar surface area (TPSA) is 29.5 Å². The molecular formula is C35H64O2. The van der Waals surface area contributed by atoms with Gasteiger partial charge in [0.05, 0.1) is 0 Å². The van der Waals surface area contributed by atoms with Gasteiger partial charge < -0.3 is 9.84 Å². The Labute approximate surface area is 232 Å². The van der Waals surface area contributed by atoms with Crippen LogP contribution in [0.5, 0.6) is 11.5 Å². The van der Waals surface area contributed by atoms with E-state index in [1.54, 1.807) is 0 Å². The summed E-state index contributed by atoms with van der Waals surface area (Å²) in [5.74, 6) is 4.04. The highest BCUT2D eigenvalue weighted by atomic mass is 16.5. The van der Waals surface area contributed by atoms with Crippen LogP contribution in [0.25, 0.3) is 0 Å². The van der Waals surface area contributed by atoms with Gasteiger partial charge in [-0.25, -0.2) is 0 Å². The second kappa shape index (κ2) is 17.4. The summed E-state index contributed by atoms with van der Waals surface area (Å²) in [6.45, 7) is 22.4. The molecule has 216 valence electrons. The third kappa shape index (κ3) is 12.0. The van der Waals surface area contributed by atoms with Crippen LogP contribution < -0.4 is 4.74 Å². The summed E-state index contributed by atoms with van der Waals surface area (Å²) >= 11 is 0. The fourth-order valence-corrected chi connectivity index (χ4v) is 5.77. The lowest BCUT2D eigenvalue weighted by atomic mass is 9.84. The summed E-state index contributed by atoms with van der Waals surface area (Å²) in [5.41, 5.74) is 4.23. The minimum atomic E-state index is -0.0712. The largest absolute Gasteiger partial charge is 0.507 e. The highest BCUT2D eigenvalue weighted by molar-refractivity contribution is 5.58. The minimum Gasteiger partial charge on any atom is -0.507 e. The Morgan fingerprint density at radius 1 is 0.730 bits per heavy atom.